The van der Waals surface area contributed by atoms with Gasteiger partial charge < -0.3 is 0 Å². The van der Waals surface area contributed by atoms with Crippen LogP contribution in [0.5, 0.6) is 0 Å². The van der Waals surface area contributed by atoms with E-state index in [2.05, 4.69) is 79.7 Å². The van der Waals surface area contributed by atoms with Gasteiger partial charge in [0.2, 0.25) is 11.4 Å². The Balaban J connectivity index is 1.23. The highest BCUT2D eigenvalue weighted by Crippen LogP contribution is 2.53. The Morgan fingerprint density at radius 3 is 2.02 bits per heavy atom. The molecule has 2 aliphatic heterocycles. The number of fused-ring (bicyclic) bond motifs is 11. The fourth-order valence-electron chi connectivity index (χ4n) is 9.34. The minimum Gasteiger partial charge on any atom is -0.208 e. The molecule has 0 spiro atoms. The zero-order valence-corrected chi connectivity index (χ0v) is 31.8. The summed E-state index contributed by atoms with van der Waals surface area (Å²) < 4.78 is 35.5. The van der Waals surface area contributed by atoms with Crippen LogP contribution in [-0.2, 0) is 17.4 Å². The molecule has 10 rings (SSSR count). The number of aryl methyl sites for hydroxylation is 1. The van der Waals surface area contributed by atoms with Gasteiger partial charge in [0.15, 0.2) is 41.1 Å². The van der Waals surface area contributed by atoms with Gasteiger partial charge in [-0.2, -0.15) is 9.13 Å². The number of hydrogen-bond acceptors (Lipinski definition) is 3. The quantitative estimate of drug-likeness (QED) is 0.169. The second-order valence-corrected chi connectivity index (χ2v) is 15.6. The number of rotatable bonds is 3. The molecule has 3 aromatic heterocycles. The van der Waals surface area contributed by atoms with E-state index in [1.165, 1.54) is 6.07 Å². The number of halogens is 2. The fraction of sp³-hybridized carbons (Fsp3) is 0.140. The molecular formula is C50H39F2N5+2. The van der Waals surface area contributed by atoms with Crippen LogP contribution in [0.2, 0.25) is 0 Å². The molecule has 7 heteroatoms. The van der Waals surface area contributed by atoms with Crippen molar-refractivity contribution in [2.75, 3.05) is 0 Å². The van der Waals surface area contributed by atoms with Gasteiger partial charge in [0.05, 0.1) is 28.3 Å². The minimum atomic E-state index is -0.584. The molecule has 2 atom stereocenters. The molecule has 2 aliphatic rings. The summed E-state index contributed by atoms with van der Waals surface area (Å²) >= 11 is 0. The Kier molecular flexibility index (Phi) is 8.04. The van der Waals surface area contributed by atoms with Gasteiger partial charge >= 0.3 is 0 Å². The third-order valence-corrected chi connectivity index (χ3v) is 12.4. The lowest BCUT2D eigenvalue weighted by Crippen LogP contribution is -2.68. The second kappa shape index (κ2) is 13.2. The number of nitrogens with zero attached hydrogens (tertiary/aromatic N) is 5. The van der Waals surface area contributed by atoms with E-state index in [0.717, 1.165) is 56.0 Å². The van der Waals surface area contributed by atoms with Crippen LogP contribution in [0.3, 0.4) is 0 Å². The molecule has 0 fully saturated rings. The van der Waals surface area contributed by atoms with Gasteiger partial charge in [-0.1, -0.05) is 91.0 Å². The zero-order chi connectivity index (χ0) is 38.9. The van der Waals surface area contributed by atoms with E-state index in [4.69, 9.17) is 15.0 Å². The smallest absolute Gasteiger partial charge is 0.208 e. The van der Waals surface area contributed by atoms with Crippen LogP contribution >= 0.6 is 0 Å². The van der Waals surface area contributed by atoms with Crippen molar-refractivity contribution >= 4 is 16.5 Å². The van der Waals surface area contributed by atoms with Crippen LogP contribution < -0.4 is 9.13 Å². The Morgan fingerprint density at radius 1 is 0.649 bits per heavy atom. The largest absolute Gasteiger partial charge is 0.221 e. The summed E-state index contributed by atoms with van der Waals surface area (Å²) in [5.74, 6) is 0.605. The molecule has 276 valence electrons. The fourth-order valence-corrected chi connectivity index (χ4v) is 9.34. The predicted molar refractivity (Wildman–Crippen MR) is 221 cm³/mol. The average Bonchev–Trinajstić information content (AvgIpc) is 3.24. The average molecular weight is 748 g/mol. The van der Waals surface area contributed by atoms with Crippen molar-refractivity contribution in [3.63, 3.8) is 0 Å². The molecule has 0 amide bonds. The van der Waals surface area contributed by atoms with E-state index >= 15 is 8.78 Å². The lowest BCUT2D eigenvalue weighted by molar-refractivity contribution is -0.765. The predicted octanol–water partition coefficient (Wildman–Crippen LogP) is 10.7. The first-order valence-corrected chi connectivity index (χ1v) is 19.4. The summed E-state index contributed by atoms with van der Waals surface area (Å²) in [6, 6.07) is 45.5. The van der Waals surface area contributed by atoms with Gasteiger partial charge in [-0.3, -0.25) is 0 Å². The summed E-state index contributed by atoms with van der Waals surface area (Å²) in [6.45, 7) is 9.28. The van der Waals surface area contributed by atoms with Crippen molar-refractivity contribution in [1.82, 2.24) is 15.0 Å². The maximum Gasteiger partial charge on any atom is 0.221 e. The first kappa shape index (κ1) is 34.7. The van der Waals surface area contributed by atoms with Crippen LogP contribution in [0.4, 0.5) is 8.78 Å². The molecule has 57 heavy (non-hydrogen) atoms. The van der Waals surface area contributed by atoms with Crippen molar-refractivity contribution in [3.05, 3.63) is 181 Å². The molecule has 0 aliphatic carbocycles. The Morgan fingerprint density at radius 2 is 1.30 bits per heavy atom. The Hall–Kier alpha value is -6.73. The lowest BCUT2D eigenvalue weighted by Gasteiger charge is -2.47. The Bertz CT molecular complexity index is 2850. The number of benzene rings is 5. The first-order valence-electron chi connectivity index (χ1n) is 19.4. The van der Waals surface area contributed by atoms with Crippen LogP contribution in [0, 0.1) is 11.6 Å². The third-order valence-electron chi connectivity index (χ3n) is 12.4. The van der Waals surface area contributed by atoms with Crippen LogP contribution in [0.1, 0.15) is 37.8 Å². The number of hydrogen-bond donors (Lipinski definition) is 0. The highest BCUT2D eigenvalue weighted by atomic mass is 19.1. The number of pyridine rings is 2. The third kappa shape index (κ3) is 5.52. The van der Waals surface area contributed by atoms with Crippen LogP contribution in [0.15, 0.2) is 158 Å². The summed E-state index contributed by atoms with van der Waals surface area (Å²) in [6.07, 6.45) is 5.78. The van der Waals surface area contributed by atoms with E-state index in [0.29, 0.717) is 53.6 Å². The van der Waals surface area contributed by atoms with E-state index < -0.39 is 22.6 Å². The summed E-state index contributed by atoms with van der Waals surface area (Å²) in [7, 11) is 0. The monoisotopic (exact) mass is 747 g/mol. The molecule has 8 aromatic rings. The van der Waals surface area contributed by atoms with Crippen molar-refractivity contribution < 1.29 is 17.9 Å². The molecule has 5 heterocycles. The van der Waals surface area contributed by atoms with E-state index in [-0.39, 0.29) is 0 Å². The molecular weight excluding hydrogens is 709 g/mol. The minimum absolute atomic E-state index is 0.411. The SMILES string of the molecule is C=C1CC2(C)[n+]3ccc4ccccc4c3-c3cc(-c4nc(-c5ccccc5)nc(-c5ccccc5)n4)ccc3C2(C)CCc2cc(F)cc(F)c2-c2cccc[n+]21. The van der Waals surface area contributed by atoms with Crippen molar-refractivity contribution in [1.29, 1.82) is 0 Å². The standard InChI is InChI=1S/C50H39F2N5/c1-32-31-50(3)49(2,25-23-36-28-38(51)30-42(52)44(36)43-20-12-13-26-56(32)43)41-22-21-37(29-40(41)45-39-19-11-10-14-33(39)24-27-57(45)50)48-54-46(34-15-6-4-7-16-34)53-47(55-48)35-17-8-5-9-18-35/h4-22,24,26-30H,1,23,25,31H2,2-3H3/q+2. The molecule has 0 radical (unpaired) electrons. The highest BCUT2D eigenvalue weighted by Gasteiger charge is 2.60. The number of allylic oxidation sites excluding steroid dienone is 1. The normalized spacial score (nSPS) is 18.5. The van der Waals surface area contributed by atoms with E-state index in [1.54, 1.807) is 0 Å². The molecule has 5 nitrogen and oxygen atoms in total. The van der Waals surface area contributed by atoms with Crippen molar-refractivity contribution in [3.8, 4) is 56.7 Å². The lowest BCUT2D eigenvalue weighted by atomic mass is 9.58. The van der Waals surface area contributed by atoms with Gasteiger partial charge in [0.1, 0.15) is 11.6 Å². The zero-order valence-electron chi connectivity index (χ0n) is 31.8. The Labute approximate surface area is 330 Å². The summed E-state index contributed by atoms with van der Waals surface area (Å²) in [5.41, 5.74) is 7.39. The van der Waals surface area contributed by atoms with Gasteiger partial charge in [-0.25, -0.2) is 23.7 Å². The molecule has 2 unspecified atom stereocenters. The first-order chi connectivity index (χ1) is 27.7. The van der Waals surface area contributed by atoms with Crippen LogP contribution in [-0.4, -0.2) is 15.0 Å². The van der Waals surface area contributed by atoms with E-state index in [9.17, 15) is 0 Å². The summed E-state index contributed by atoms with van der Waals surface area (Å²) in [5, 5.41) is 2.25. The van der Waals surface area contributed by atoms with Gasteiger partial charge in [-0.15, -0.1) is 0 Å². The molecule has 0 saturated heterocycles. The van der Waals surface area contributed by atoms with Gasteiger partial charge in [0, 0.05) is 47.9 Å². The van der Waals surface area contributed by atoms with Crippen molar-refractivity contribution in [2.24, 2.45) is 0 Å². The van der Waals surface area contributed by atoms with Gasteiger partial charge in [0.25, 0.3) is 0 Å². The molecule has 0 saturated carbocycles. The van der Waals surface area contributed by atoms with Gasteiger partial charge in [-0.05, 0) is 67.1 Å². The number of aromatic nitrogens is 5. The maximum absolute atomic E-state index is 15.9. The molecule has 5 aromatic carbocycles. The summed E-state index contributed by atoms with van der Waals surface area (Å²) in [4.78, 5) is 15.1. The highest BCUT2D eigenvalue weighted by molar-refractivity contribution is 5.95. The van der Waals surface area contributed by atoms with E-state index in [1.807, 2.05) is 89.6 Å². The molecule has 0 bridgehead atoms. The van der Waals surface area contributed by atoms with Crippen LogP contribution in [0.25, 0.3) is 73.1 Å². The maximum atomic E-state index is 15.9. The van der Waals surface area contributed by atoms with Crippen molar-refractivity contribution in [2.45, 2.75) is 44.1 Å². The topological polar surface area (TPSA) is 46.4 Å². The molecule has 0 N–H and O–H groups in total. The second-order valence-electron chi connectivity index (χ2n) is 15.6.